The normalized spacial score (nSPS) is 24.0. The summed E-state index contributed by atoms with van der Waals surface area (Å²) in [5.41, 5.74) is 0.116. The molecule has 166 valence electrons. The van der Waals surface area contributed by atoms with Gasteiger partial charge in [-0.1, -0.05) is 12.1 Å². The summed E-state index contributed by atoms with van der Waals surface area (Å²) in [6.45, 7) is 0.265. The predicted molar refractivity (Wildman–Crippen MR) is 117 cm³/mol. The lowest BCUT2D eigenvalue weighted by molar-refractivity contribution is -0.384. The van der Waals surface area contributed by atoms with Gasteiger partial charge in [0.1, 0.15) is 11.4 Å². The van der Waals surface area contributed by atoms with Crippen LogP contribution in [0.4, 0.5) is 15.8 Å². The number of aromatic nitrogens is 1. The van der Waals surface area contributed by atoms with Crippen molar-refractivity contribution in [1.29, 1.82) is 0 Å². The first kappa shape index (κ1) is 20.9. The summed E-state index contributed by atoms with van der Waals surface area (Å²) >= 11 is 0. The fraction of sp³-hybridized carbons (Fsp3) is 0.208. The van der Waals surface area contributed by atoms with Crippen LogP contribution in [-0.4, -0.2) is 40.1 Å². The molecule has 8 nitrogen and oxygen atoms in total. The van der Waals surface area contributed by atoms with E-state index in [-0.39, 0.29) is 18.0 Å². The second-order valence-corrected chi connectivity index (χ2v) is 8.33. The van der Waals surface area contributed by atoms with Crippen molar-refractivity contribution in [1.82, 2.24) is 9.88 Å². The molecule has 1 aromatic heterocycles. The van der Waals surface area contributed by atoms with Crippen LogP contribution in [0.25, 0.3) is 0 Å². The van der Waals surface area contributed by atoms with Gasteiger partial charge in [-0.3, -0.25) is 29.6 Å². The van der Waals surface area contributed by atoms with Gasteiger partial charge < -0.3 is 5.32 Å². The number of fused-ring (bicyclic) bond motifs is 2. The number of carbonyl (C=O) groups is 2. The summed E-state index contributed by atoms with van der Waals surface area (Å²) in [6, 6.07) is 13.3. The number of hydrogen-bond acceptors (Lipinski definition) is 6. The highest BCUT2D eigenvalue weighted by Gasteiger charge is 2.64. The van der Waals surface area contributed by atoms with Crippen LogP contribution in [0.3, 0.4) is 0 Å². The lowest BCUT2D eigenvalue weighted by atomic mass is 9.70. The molecular weight excluding hydrogens is 427 g/mol. The summed E-state index contributed by atoms with van der Waals surface area (Å²) in [5, 5.41) is 14.2. The molecule has 2 aliphatic rings. The number of nitrogens with zero attached hydrogens (tertiary/aromatic N) is 3. The van der Waals surface area contributed by atoms with Gasteiger partial charge in [-0.2, -0.15) is 0 Å². The highest BCUT2D eigenvalue weighted by molar-refractivity contribution is 6.12. The van der Waals surface area contributed by atoms with Crippen LogP contribution in [0.5, 0.6) is 0 Å². The third-order valence-corrected chi connectivity index (χ3v) is 6.65. The monoisotopic (exact) mass is 446 g/mol. The summed E-state index contributed by atoms with van der Waals surface area (Å²) in [5.74, 6) is -2.80. The number of likely N-dealkylation sites (tertiary alicyclic amines) is 1. The van der Waals surface area contributed by atoms with Crippen molar-refractivity contribution < 1.29 is 18.9 Å². The van der Waals surface area contributed by atoms with E-state index in [4.69, 9.17) is 0 Å². The molecular formula is C24H19FN4O4. The van der Waals surface area contributed by atoms with Crippen LogP contribution in [0.2, 0.25) is 0 Å². The molecule has 1 saturated heterocycles. The van der Waals surface area contributed by atoms with E-state index in [1.54, 1.807) is 36.2 Å². The molecule has 1 spiro atoms. The number of anilines is 1. The van der Waals surface area contributed by atoms with Gasteiger partial charge in [-0.15, -0.1) is 0 Å². The number of likely N-dealkylation sites (N-methyl/N-ethyl adjacent to an activating group) is 1. The maximum absolute atomic E-state index is 14.3. The molecule has 3 aromatic rings. The number of Topliss-reactive ketones (excluding diaryl/α,β-unsaturated/α-hetero) is 1. The number of halogens is 1. The Morgan fingerprint density at radius 1 is 1.24 bits per heavy atom. The third-order valence-electron chi connectivity index (χ3n) is 6.65. The molecule has 33 heavy (non-hydrogen) atoms. The molecule has 9 heteroatoms. The molecule has 3 atom stereocenters. The average molecular weight is 446 g/mol. The number of amides is 1. The van der Waals surface area contributed by atoms with Gasteiger partial charge in [0, 0.05) is 53.8 Å². The van der Waals surface area contributed by atoms with Gasteiger partial charge in [0.25, 0.3) is 5.69 Å². The van der Waals surface area contributed by atoms with E-state index >= 15 is 0 Å². The van der Waals surface area contributed by atoms with Crippen LogP contribution < -0.4 is 5.32 Å². The van der Waals surface area contributed by atoms with Crippen LogP contribution in [0.15, 0.2) is 67.0 Å². The van der Waals surface area contributed by atoms with Crippen LogP contribution >= 0.6 is 0 Å². The maximum Gasteiger partial charge on any atom is 0.269 e. The van der Waals surface area contributed by atoms with Gasteiger partial charge in [-0.05, 0) is 42.9 Å². The molecule has 0 radical (unpaired) electrons. The van der Waals surface area contributed by atoms with Crippen molar-refractivity contribution in [2.45, 2.75) is 11.5 Å². The fourth-order valence-electron chi connectivity index (χ4n) is 5.27. The molecule has 1 amide bonds. The molecule has 2 aromatic carbocycles. The number of pyridine rings is 1. The quantitative estimate of drug-likeness (QED) is 0.374. The first-order valence-electron chi connectivity index (χ1n) is 10.4. The minimum Gasteiger partial charge on any atom is -0.324 e. The Labute approximate surface area is 188 Å². The molecule has 0 aliphatic carbocycles. The van der Waals surface area contributed by atoms with Crippen molar-refractivity contribution >= 4 is 23.1 Å². The Morgan fingerprint density at radius 2 is 2.06 bits per heavy atom. The second kappa shape index (κ2) is 7.56. The fourth-order valence-corrected chi connectivity index (χ4v) is 5.27. The van der Waals surface area contributed by atoms with E-state index in [0.717, 1.165) is 0 Å². The standard InChI is InChI=1S/C24H19FN4O4/c1-28-13-18(14-4-2-6-17(10-14)29(32)33)21(22(30)15-5-3-9-26-12-15)24(28)19-11-16(25)7-8-20(19)27-23(24)31/h2-12,18,21H,13H2,1H3,(H,27,31)/t18-,21?,24-/m1/s1. The zero-order valence-corrected chi connectivity index (χ0v) is 17.6. The number of benzene rings is 2. The summed E-state index contributed by atoms with van der Waals surface area (Å²) < 4.78 is 14.3. The largest absolute Gasteiger partial charge is 0.324 e. The van der Waals surface area contributed by atoms with Crippen molar-refractivity contribution in [2.24, 2.45) is 5.92 Å². The summed E-state index contributed by atoms with van der Waals surface area (Å²) in [7, 11) is 1.71. The van der Waals surface area contributed by atoms with E-state index in [1.807, 2.05) is 0 Å². The van der Waals surface area contributed by atoms with Crippen molar-refractivity contribution in [3.05, 3.63) is 99.6 Å². The average Bonchev–Trinajstić information content (AvgIpc) is 3.29. The summed E-state index contributed by atoms with van der Waals surface area (Å²) in [4.78, 5) is 44.1. The van der Waals surface area contributed by atoms with E-state index < -0.39 is 34.0 Å². The number of non-ortho nitro benzene ring substituents is 1. The number of rotatable bonds is 4. The van der Waals surface area contributed by atoms with Gasteiger partial charge in [-0.25, -0.2) is 4.39 Å². The van der Waals surface area contributed by atoms with E-state index in [9.17, 15) is 24.1 Å². The highest BCUT2D eigenvalue weighted by Crippen LogP contribution is 2.55. The topological polar surface area (TPSA) is 105 Å². The van der Waals surface area contributed by atoms with Crippen LogP contribution in [0.1, 0.15) is 27.4 Å². The van der Waals surface area contributed by atoms with Gasteiger partial charge >= 0.3 is 0 Å². The van der Waals surface area contributed by atoms with E-state index in [2.05, 4.69) is 10.3 Å². The number of hydrogen-bond donors (Lipinski definition) is 1. The lowest BCUT2D eigenvalue weighted by Crippen LogP contribution is -2.51. The van der Waals surface area contributed by atoms with E-state index in [0.29, 0.717) is 22.4 Å². The number of nitro groups is 1. The number of nitrogens with one attached hydrogen (secondary N) is 1. The Morgan fingerprint density at radius 3 is 2.79 bits per heavy atom. The smallest absolute Gasteiger partial charge is 0.269 e. The first-order valence-corrected chi connectivity index (χ1v) is 10.4. The predicted octanol–water partition coefficient (Wildman–Crippen LogP) is 3.50. The SMILES string of the molecule is CN1C[C@H](c2cccc([N+](=O)[O-])c2)C(C(=O)c2cccnc2)[C@]12C(=O)Nc1ccc(F)cc12. The minimum atomic E-state index is -1.47. The Kier molecular flexibility index (Phi) is 4.79. The van der Waals surface area contributed by atoms with Crippen molar-refractivity contribution in [2.75, 3.05) is 18.9 Å². The number of carbonyl (C=O) groups excluding carboxylic acids is 2. The molecule has 1 unspecified atom stereocenters. The Hall–Kier alpha value is -3.98. The highest BCUT2D eigenvalue weighted by atomic mass is 19.1. The molecule has 5 rings (SSSR count). The molecule has 3 heterocycles. The molecule has 1 N–H and O–H groups in total. The summed E-state index contributed by atoms with van der Waals surface area (Å²) in [6.07, 6.45) is 2.97. The molecule has 0 bridgehead atoms. The Bertz CT molecular complexity index is 1300. The first-order chi connectivity index (χ1) is 15.8. The minimum absolute atomic E-state index is 0.106. The van der Waals surface area contributed by atoms with E-state index in [1.165, 1.54) is 42.7 Å². The van der Waals surface area contributed by atoms with Crippen molar-refractivity contribution in [3.63, 3.8) is 0 Å². The Balaban J connectivity index is 1.74. The van der Waals surface area contributed by atoms with Gasteiger partial charge in [0.2, 0.25) is 5.91 Å². The third kappa shape index (κ3) is 3.04. The maximum atomic E-state index is 14.3. The lowest BCUT2D eigenvalue weighted by Gasteiger charge is -2.35. The van der Waals surface area contributed by atoms with Crippen LogP contribution in [-0.2, 0) is 10.3 Å². The zero-order valence-electron chi connectivity index (χ0n) is 17.6. The van der Waals surface area contributed by atoms with Gasteiger partial charge in [0.05, 0.1) is 10.8 Å². The number of ketones is 1. The van der Waals surface area contributed by atoms with Crippen molar-refractivity contribution in [3.8, 4) is 0 Å². The second-order valence-electron chi connectivity index (χ2n) is 8.33. The van der Waals surface area contributed by atoms with Crippen LogP contribution in [0, 0.1) is 21.8 Å². The molecule has 0 saturated carbocycles. The van der Waals surface area contributed by atoms with Gasteiger partial charge in [0.15, 0.2) is 5.78 Å². The number of nitro benzene ring substituents is 1. The zero-order chi connectivity index (χ0) is 23.3. The molecule has 1 fully saturated rings. The molecule has 2 aliphatic heterocycles.